The topological polar surface area (TPSA) is 67.2 Å². The summed E-state index contributed by atoms with van der Waals surface area (Å²) in [5.41, 5.74) is 1.56. The summed E-state index contributed by atoms with van der Waals surface area (Å²) >= 11 is 5.96. The van der Waals surface area contributed by atoms with E-state index in [4.69, 9.17) is 16.7 Å². The molecule has 1 aromatic carbocycles. The van der Waals surface area contributed by atoms with Crippen LogP contribution in [0.25, 0.3) is 11.3 Å². The first-order valence-corrected chi connectivity index (χ1v) is 6.76. The number of aliphatic hydroxyl groups is 1. The third-order valence-electron chi connectivity index (χ3n) is 2.80. The van der Waals surface area contributed by atoms with Crippen LogP contribution in [0.4, 0.5) is 5.82 Å². The van der Waals surface area contributed by atoms with Crippen molar-refractivity contribution in [2.45, 2.75) is 19.9 Å². The maximum atomic E-state index is 11.5. The summed E-state index contributed by atoms with van der Waals surface area (Å²) in [6, 6.07) is 9.10. The number of nitrogens with zero attached hydrogens (tertiary/aromatic N) is 2. The Hall–Kier alpha value is -1.85. The van der Waals surface area contributed by atoms with E-state index in [1.54, 1.807) is 29.8 Å². The normalized spacial score (nSPS) is 10.6. The second-order valence-corrected chi connectivity index (χ2v) is 4.71. The molecule has 0 saturated carbocycles. The Morgan fingerprint density at radius 2 is 2.25 bits per heavy atom. The van der Waals surface area contributed by atoms with Gasteiger partial charge in [-0.15, -0.1) is 0 Å². The molecule has 0 unspecified atom stereocenters. The lowest BCUT2D eigenvalue weighted by molar-refractivity contribution is -0.115. The predicted molar refractivity (Wildman–Crippen MR) is 78.7 cm³/mol. The highest BCUT2D eigenvalue weighted by Gasteiger charge is 2.11. The van der Waals surface area contributed by atoms with E-state index < -0.39 is 0 Å². The summed E-state index contributed by atoms with van der Waals surface area (Å²) in [5.74, 6) is 0.475. The summed E-state index contributed by atoms with van der Waals surface area (Å²) < 4.78 is 1.57. The van der Waals surface area contributed by atoms with E-state index in [2.05, 4.69) is 10.4 Å². The van der Waals surface area contributed by atoms with E-state index in [0.717, 1.165) is 5.56 Å². The number of carbonyl (C=O) groups is 1. The zero-order valence-corrected chi connectivity index (χ0v) is 11.9. The Labute approximate surface area is 122 Å². The molecule has 1 amide bonds. The van der Waals surface area contributed by atoms with Gasteiger partial charge in [0, 0.05) is 23.1 Å². The largest absolute Gasteiger partial charge is 0.394 e. The minimum atomic E-state index is -0.0956. The maximum Gasteiger partial charge on any atom is 0.225 e. The molecule has 5 nitrogen and oxygen atoms in total. The first-order valence-electron chi connectivity index (χ1n) is 6.38. The van der Waals surface area contributed by atoms with Crippen LogP contribution in [0, 0.1) is 0 Å². The zero-order valence-electron chi connectivity index (χ0n) is 11.1. The van der Waals surface area contributed by atoms with Gasteiger partial charge in [-0.25, -0.2) is 4.68 Å². The maximum absolute atomic E-state index is 11.5. The lowest BCUT2D eigenvalue weighted by atomic mass is 10.1. The lowest BCUT2D eigenvalue weighted by Gasteiger charge is -2.05. The number of carbonyl (C=O) groups excluding carboxylic acids is 1. The molecule has 0 aliphatic heterocycles. The molecular weight excluding hydrogens is 278 g/mol. The molecular formula is C14H16ClN3O2. The number of rotatable bonds is 5. The molecule has 0 aliphatic rings. The van der Waals surface area contributed by atoms with Gasteiger partial charge in [0.1, 0.15) is 5.82 Å². The molecule has 1 heterocycles. The monoisotopic (exact) mass is 293 g/mol. The Morgan fingerprint density at radius 3 is 2.90 bits per heavy atom. The third-order valence-corrected chi connectivity index (χ3v) is 3.04. The van der Waals surface area contributed by atoms with Crippen molar-refractivity contribution in [3.05, 3.63) is 35.4 Å². The van der Waals surface area contributed by atoms with Crippen LogP contribution in [-0.2, 0) is 11.3 Å². The van der Waals surface area contributed by atoms with E-state index in [1.165, 1.54) is 0 Å². The van der Waals surface area contributed by atoms with Crippen LogP contribution in [0.5, 0.6) is 0 Å². The summed E-state index contributed by atoms with van der Waals surface area (Å²) in [7, 11) is 0. The number of halogens is 1. The van der Waals surface area contributed by atoms with Gasteiger partial charge in [0.25, 0.3) is 0 Å². The van der Waals surface area contributed by atoms with Crippen molar-refractivity contribution in [3.63, 3.8) is 0 Å². The summed E-state index contributed by atoms with van der Waals surface area (Å²) in [6.07, 6.45) is 0.386. The van der Waals surface area contributed by atoms with Gasteiger partial charge in [-0.2, -0.15) is 5.10 Å². The molecule has 2 N–H and O–H groups in total. The van der Waals surface area contributed by atoms with Crippen LogP contribution in [0.2, 0.25) is 5.02 Å². The van der Waals surface area contributed by atoms with Gasteiger partial charge in [0.15, 0.2) is 0 Å². The molecule has 0 saturated heterocycles. The second-order valence-electron chi connectivity index (χ2n) is 4.27. The molecule has 0 atom stereocenters. The van der Waals surface area contributed by atoms with Crippen LogP contribution in [-0.4, -0.2) is 27.4 Å². The molecule has 0 fully saturated rings. The van der Waals surface area contributed by atoms with Crippen molar-refractivity contribution in [2.24, 2.45) is 0 Å². The van der Waals surface area contributed by atoms with E-state index in [-0.39, 0.29) is 12.5 Å². The minimum absolute atomic E-state index is 0.0499. The molecule has 106 valence electrons. The van der Waals surface area contributed by atoms with Crippen LogP contribution in [0.1, 0.15) is 13.3 Å². The SMILES string of the molecule is CCC(=O)Nc1cc(-c2cccc(Cl)c2)nn1CCO. The van der Waals surface area contributed by atoms with Gasteiger partial charge < -0.3 is 10.4 Å². The van der Waals surface area contributed by atoms with Crippen molar-refractivity contribution in [1.29, 1.82) is 0 Å². The van der Waals surface area contributed by atoms with Gasteiger partial charge in [0.2, 0.25) is 5.91 Å². The van der Waals surface area contributed by atoms with Gasteiger partial charge in [-0.05, 0) is 12.1 Å². The molecule has 6 heteroatoms. The Morgan fingerprint density at radius 1 is 1.45 bits per heavy atom. The number of benzene rings is 1. The fourth-order valence-corrected chi connectivity index (χ4v) is 1.99. The highest BCUT2D eigenvalue weighted by molar-refractivity contribution is 6.30. The Bertz CT molecular complexity index is 610. The van der Waals surface area contributed by atoms with E-state index in [0.29, 0.717) is 29.5 Å². The standard InChI is InChI=1S/C14H16ClN3O2/c1-2-14(20)16-13-9-12(17-18(13)6-7-19)10-4-3-5-11(15)8-10/h3-5,8-9,19H,2,6-7H2,1H3,(H,16,20). The Kier molecular flexibility index (Phi) is 4.76. The number of amides is 1. The molecule has 0 spiro atoms. The smallest absolute Gasteiger partial charge is 0.225 e. The fraction of sp³-hybridized carbons (Fsp3) is 0.286. The average Bonchev–Trinajstić information content (AvgIpc) is 2.82. The van der Waals surface area contributed by atoms with Crippen molar-refractivity contribution >= 4 is 23.3 Å². The van der Waals surface area contributed by atoms with Crippen LogP contribution in [0.15, 0.2) is 30.3 Å². The quantitative estimate of drug-likeness (QED) is 0.890. The summed E-state index contributed by atoms with van der Waals surface area (Å²) in [5, 5.41) is 16.8. The zero-order chi connectivity index (χ0) is 14.5. The number of nitrogens with one attached hydrogen (secondary N) is 1. The van der Waals surface area contributed by atoms with Crippen LogP contribution >= 0.6 is 11.6 Å². The molecule has 0 bridgehead atoms. The predicted octanol–water partition coefficient (Wildman–Crippen LogP) is 2.54. The number of aromatic nitrogens is 2. The molecule has 0 radical (unpaired) electrons. The average molecular weight is 294 g/mol. The van der Waals surface area contributed by atoms with Crippen molar-refractivity contribution in [3.8, 4) is 11.3 Å². The minimum Gasteiger partial charge on any atom is -0.394 e. The first kappa shape index (κ1) is 14.6. The highest BCUT2D eigenvalue weighted by atomic mass is 35.5. The van der Waals surface area contributed by atoms with Crippen LogP contribution < -0.4 is 5.32 Å². The number of hydrogen-bond donors (Lipinski definition) is 2. The molecule has 2 aromatic rings. The fourth-order valence-electron chi connectivity index (χ4n) is 1.80. The van der Waals surface area contributed by atoms with E-state index in [1.807, 2.05) is 12.1 Å². The van der Waals surface area contributed by atoms with Crippen LogP contribution in [0.3, 0.4) is 0 Å². The summed E-state index contributed by atoms with van der Waals surface area (Å²) in [4.78, 5) is 11.5. The molecule has 20 heavy (non-hydrogen) atoms. The number of aliphatic hydroxyl groups excluding tert-OH is 1. The first-order chi connectivity index (χ1) is 9.63. The third kappa shape index (κ3) is 3.37. The van der Waals surface area contributed by atoms with E-state index >= 15 is 0 Å². The lowest BCUT2D eigenvalue weighted by Crippen LogP contribution is -2.15. The Balaban J connectivity index is 2.35. The second kappa shape index (κ2) is 6.54. The van der Waals surface area contributed by atoms with Gasteiger partial charge in [-0.1, -0.05) is 30.7 Å². The molecule has 2 rings (SSSR count). The van der Waals surface area contributed by atoms with Gasteiger partial charge in [-0.3, -0.25) is 4.79 Å². The van der Waals surface area contributed by atoms with E-state index in [9.17, 15) is 4.79 Å². The van der Waals surface area contributed by atoms with Crippen molar-refractivity contribution < 1.29 is 9.90 Å². The van der Waals surface area contributed by atoms with Crippen molar-refractivity contribution in [2.75, 3.05) is 11.9 Å². The van der Waals surface area contributed by atoms with Gasteiger partial charge >= 0.3 is 0 Å². The molecule has 1 aromatic heterocycles. The molecule has 0 aliphatic carbocycles. The van der Waals surface area contributed by atoms with Gasteiger partial charge in [0.05, 0.1) is 18.8 Å². The summed E-state index contributed by atoms with van der Waals surface area (Å²) in [6.45, 7) is 2.05. The highest BCUT2D eigenvalue weighted by Crippen LogP contribution is 2.24. The number of hydrogen-bond acceptors (Lipinski definition) is 3. The number of anilines is 1. The van der Waals surface area contributed by atoms with Crippen molar-refractivity contribution in [1.82, 2.24) is 9.78 Å².